The number of carbonyl (C=O) groups is 2. The maximum atomic E-state index is 11.8. The first kappa shape index (κ1) is 15.9. The van der Waals surface area contributed by atoms with E-state index in [-0.39, 0.29) is 11.9 Å². The first-order valence-corrected chi connectivity index (χ1v) is 6.32. The van der Waals surface area contributed by atoms with Gasteiger partial charge in [0.25, 0.3) is 0 Å². The Bertz CT molecular complexity index is 265. The van der Waals surface area contributed by atoms with Gasteiger partial charge < -0.3 is 10.4 Å². The molecule has 4 unspecified atom stereocenters. The topological polar surface area (TPSA) is 66.4 Å². The third-order valence-electron chi connectivity index (χ3n) is 3.39. The zero-order valence-electron chi connectivity index (χ0n) is 11.5. The molecule has 0 saturated carbocycles. The SMILES string of the molecule is CCC(C)CC(C)NC(=O)C(C)C(C)C(=O)O. The molecule has 17 heavy (non-hydrogen) atoms. The van der Waals surface area contributed by atoms with Crippen LogP contribution in [0.25, 0.3) is 0 Å². The van der Waals surface area contributed by atoms with E-state index in [0.717, 1.165) is 12.8 Å². The van der Waals surface area contributed by atoms with E-state index in [1.165, 1.54) is 0 Å². The minimum atomic E-state index is -0.928. The molecule has 0 aromatic carbocycles. The van der Waals surface area contributed by atoms with E-state index in [1.807, 2.05) is 6.92 Å². The van der Waals surface area contributed by atoms with E-state index in [2.05, 4.69) is 19.2 Å². The molecule has 0 bridgehead atoms. The molecule has 2 N–H and O–H groups in total. The Morgan fingerprint density at radius 3 is 2.06 bits per heavy atom. The summed E-state index contributed by atoms with van der Waals surface area (Å²) in [6.07, 6.45) is 2.01. The Hall–Kier alpha value is -1.06. The average molecular weight is 243 g/mol. The molecule has 0 heterocycles. The predicted octanol–water partition coefficient (Wildman–Crippen LogP) is 2.28. The van der Waals surface area contributed by atoms with E-state index in [9.17, 15) is 9.59 Å². The minimum Gasteiger partial charge on any atom is -0.481 e. The maximum Gasteiger partial charge on any atom is 0.307 e. The van der Waals surface area contributed by atoms with Crippen LogP contribution in [0.2, 0.25) is 0 Å². The quantitative estimate of drug-likeness (QED) is 0.721. The van der Waals surface area contributed by atoms with Gasteiger partial charge in [0.05, 0.1) is 5.92 Å². The summed E-state index contributed by atoms with van der Waals surface area (Å²) in [5.41, 5.74) is 0. The lowest BCUT2D eigenvalue weighted by atomic mass is 9.94. The number of hydrogen-bond acceptors (Lipinski definition) is 2. The fourth-order valence-electron chi connectivity index (χ4n) is 1.64. The zero-order chi connectivity index (χ0) is 13.6. The molecule has 0 saturated heterocycles. The molecule has 0 radical (unpaired) electrons. The Labute approximate surface area is 104 Å². The summed E-state index contributed by atoms with van der Waals surface area (Å²) >= 11 is 0. The van der Waals surface area contributed by atoms with Crippen molar-refractivity contribution in [2.75, 3.05) is 0 Å². The lowest BCUT2D eigenvalue weighted by Gasteiger charge is -2.21. The lowest BCUT2D eigenvalue weighted by Crippen LogP contribution is -2.40. The van der Waals surface area contributed by atoms with Gasteiger partial charge in [-0.05, 0) is 19.3 Å². The van der Waals surface area contributed by atoms with E-state index in [0.29, 0.717) is 5.92 Å². The van der Waals surface area contributed by atoms with Gasteiger partial charge in [-0.25, -0.2) is 0 Å². The Morgan fingerprint density at radius 2 is 1.65 bits per heavy atom. The maximum absolute atomic E-state index is 11.8. The van der Waals surface area contributed by atoms with Gasteiger partial charge >= 0.3 is 5.97 Å². The van der Waals surface area contributed by atoms with Crippen molar-refractivity contribution in [2.24, 2.45) is 17.8 Å². The van der Waals surface area contributed by atoms with Crippen molar-refractivity contribution < 1.29 is 14.7 Å². The van der Waals surface area contributed by atoms with Crippen molar-refractivity contribution in [3.63, 3.8) is 0 Å². The van der Waals surface area contributed by atoms with Crippen LogP contribution in [-0.4, -0.2) is 23.0 Å². The Morgan fingerprint density at radius 1 is 1.12 bits per heavy atom. The number of amides is 1. The predicted molar refractivity (Wildman–Crippen MR) is 67.6 cm³/mol. The molecular weight excluding hydrogens is 218 g/mol. The first-order chi connectivity index (χ1) is 7.79. The summed E-state index contributed by atoms with van der Waals surface area (Å²) < 4.78 is 0. The molecule has 0 aliphatic heterocycles. The minimum absolute atomic E-state index is 0.0981. The van der Waals surface area contributed by atoms with Crippen LogP contribution in [-0.2, 0) is 9.59 Å². The smallest absolute Gasteiger partial charge is 0.307 e. The van der Waals surface area contributed by atoms with Crippen molar-refractivity contribution in [2.45, 2.75) is 53.5 Å². The van der Waals surface area contributed by atoms with E-state index in [4.69, 9.17) is 5.11 Å². The van der Waals surface area contributed by atoms with Crippen LogP contribution in [0.5, 0.6) is 0 Å². The van der Waals surface area contributed by atoms with Crippen molar-refractivity contribution in [3.05, 3.63) is 0 Å². The van der Waals surface area contributed by atoms with Crippen LogP contribution in [0.15, 0.2) is 0 Å². The van der Waals surface area contributed by atoms with Crippen LogP contribution in [0, 0.1) is 17.8 Å². The second kappa shape index (κ2) is 7.30. The molecule has 0 aliphatic rings. The highest BCUT2D eigenvalue weighted by Crippen LogP contribution is 2.13. The van der Waals surface area contributed by atoms with Crippen LogP contribution in [0.3, 0.4) is 0 Å². The number of carboxylic acid groups (broad SMARTS) is 1. The fraction of sp³-hybridized carbons (Fsp3) is 0.846. The summed E-state index contributed by atoms with van der Waals surface area (Å²) in [6.45, 7) is 9.44. The summed E-state index contributed by atoms with van der Waals surface area (Å²) in [5, 5.41) is 11.7. The van der Waals surface area contributed by atoms with Crippen LogP contribution < -0.4 is 5.32 Å². The Kier molecular flexibility index (Phi) is 6.85. The van der Waals surface area contributed by atoms with Gasteiger partial charge in [-0.1, -0.05) is 34.1 Å². The Balaban J connectivity index is 4.20. The van der Waals surface area contributed by atoms with Crippen molar-refractivity contribution in [1.29, 1.82) is 0 Å². The lowest BCUT2D eigenvalue weighted by molar-refractivity contribution is -0.146. The number of rotatable bonds is 7. The van der Waals surface area contributed by atoms with Gasteiger partial charge in [-0.3, -0.25) is 9.59 Å². The molecule has 0 fully saturated rings. The number of nitrogens with one attached hydrogen (secondary N) is 1. The van der Waals surface area contributed by atoms with E-state index >= 15 is 0 Å². The van der Waals surface area contributed by atoms with Crippen molar-refractivity contribution >= 4 is 11.9 Å². The van der Waals surface area contributed by atoms with E-state index < -0.39 is 17.8 Å². The highest BCUT2D eigenvalue weighted by atomic mass is 16.4. The van der Waals surface area contributed by atoms with Gasteiger partial charge in [0.15, 0.2) is 0 Å². The van der Waals surface area contributed by atoms with Crippen molar-refractivity contribution in [1.82, 2.24) is 5.32 Å². The summed E-state index contributed by atoms with van der Waals surface area (Å²) in [7, 11) is 0. The van der Waals surface area contributed by atoms with Gasteiger partial charge in [-0.15, -0.1) is 0 Å². The molecule has 4 nitrogen and oxygen atoms in total. The largest absolute Gasteiger partial charge is 0.481 e. The van der Waals surface area contributed by atoms with Gasteiger partial charge in [-0.2, -0.15) is 0 Å². The first-order valence-electron chi connectivity index (χ1n) is 6.32. The van der Waals surface area contributed by atoms with Crippen LogP contribution >= 0.6 is 0 Å². The molecule has 100 valence electrons. The molecule has 0 rings (SSSR count). The molecular formula is C13H25NO3. The van der Waals surface area contributed by atoms with Gasteiger partial charge in [0, 0.05) is 12.0 Å². The zero-order valence-corrected chi connectivity index (χ0v) is 11.5. The third-order valence-corrected chi connectivity index (χ3v) is 3.39. The molecule has 0 aliphatic carbocycles. The second-order valence-corrected chi connectivity index (χ2v) is 5.07. The molecule has 0 spiro atoms. The van der Waals surface area contributed by atoms with Gasteiger partial charge in [0.1, 0.15) is 0 Å². The van der Waals surface area contributed by atoms with E-state index in [1.54, 1.807) is 13.8 Å². The highest BCUT2D eigenvalue weighted by molar-refractivity contribution is 5.84. The second-order valence-electron chi connectivity index (χ2n) is 5.07. The number of carboxylic acids is 1. The molecule has 4 heteroatoms. The molecule has 0 aromatic heterocycles. The van der Waals surface area contributed by atoms with Gasteiger partial charge in [0.2, 0.25) is 5.91 Å². The fourth-order valence-corrected chi connectivity index (χ4v) is 1.64. The molecule has 1 amide bonds. The van der Waals surface area contributed by atoms with Crippen LogP contribution in [0.1, 0.15) is 47.5 Å². The number of aliphatic carboxylic acids is 1. The van der Waals surface area contributed by atoms with Crippen LogP contribution in [0.4, 0.5) is 0 Å². The highest BCUT2D eigenvalue weighted by Gasteiger charge is 2.26. The summed E-state index contributed by atoms with van der Waals surface area (Å²) in [4.78, 5) is 22.6. The number of hydrogen-bond donors (Lipinski definition) is 2. The standard InChI is InChI=1S/C13H25NO3/c1-6-8(2)7-9(3)14-12(15)10(4)11(5)13(16)17/h8-11H,6-7H2,1-5H3,(H,14,15)(H,16,17). The monoisotopic (exact) mass is 243 g/mol. The molecule has 0 aromatic rings. The summed E-state index contributed by atoms with van der Waals surface area (Å²) in [5.74, 6) is -1.67. The third kappa shape index (κ3) is 5.71. The normalized spacial score (nSPS) is 17.9. The molecule has 4 atom stereocenters. The van der Waals surface area contributed by atoms with Crippen molar-refractivity contribution in [3.8, 4) is 0 Å². The summed E-state index contributed by atoms with van der Waals surface area (Å²) in [6, 6.07) is 0.0981. The average Bonchev–Trinajstić information content (AvgIpc) is 2.26. The number of carbonyl (C=O) groups excluding carboxylic acids is 1.